The first-order valence-corrected chi connectivity index (χ1v) is 10.6. The van der Waals surface area contributed by atoms with Gasteiger partial charge < -0.3 is 20.1 Å². The van der Waals surface area contributed by atoms with Crippen LogP contribution < -0.4 is 11.0 Å². The van der Waals surface area contributed by atoms with Crippen LogP contribution >= 0.6 is 0 Å². The zero-order chi connectivity index (χ0) is 22.5. The number of nitrogens with zero attached hydrogens (tertiary/aromatic N) is 2. The normalized spacial score (nSPS) is 14.3. The number of rotatable bonds is 6. The van der Waals surface area contributed by atoms with Gasteiger partial charge in [0.2, 0.25) is 0 Å². The van der Waals surface area contributed by atoms with Gasteiger partial charge in [-0.25, -0.2) is 4.79 Å². The van der Waals surface area contributed by atoms with Crippen LogP contribution in [0.4, 0.5) is 0 Å². The minimum atomic E-state index is -0.465. The van der Waals surface area contributed by atoms with Gasteiger partial charge in [0.15, 0.2) is 0 Å². The monoisotopic (exact) mass is 434 g/mol. The predicted octanol–water partition coefficient (Wildman–Crippen LogP) is 2.18. The van der Waals surface area contributed by atoms with Gasteiger partial charge in [0, 0.05) is 37.3 Å². The first-order valence-electron chi connectivity index (χ1n) is 10.6. The average Bonchev–Trinajstić information content (AvgIpc) is 2.81. The maximum Gasteiger partial charge on any atom is 0.345 e. The third-order valence-electron chi connectivity index (χ3n) is 5.51. The van der Waals surface area contributed by atoms with Gasteiger partial charge in [0.25, 0.3) is 5.91 Å². The Bertz CT molecular complexity index is 1150. The second-order valence-corrected chi connectivity index (χ2v) is 7.77. The molecule has 0 radical (unpaired) electrons. The zero-order valence-electron chi connectivity index (χ0n) is 17.9. The van der Waals surface area contributed by atoms with Crippen LogP contribution in [0.3, 0.4) is 0 Å². The molecule has 8 heteroatoms. The smallest absolute Gasteiger partial charge is 0.345 e. The summed E-state index contributed by atoms with van der Waals surface area (Å²) in [5.74, 6) is 0.0610. The summed E-state index contributed by atoms with van der Waals surface area (Å²) in [6, 6.07) is 13.9. The summed E-state index contributed by atoms with van der Waals surface area (Å²) in [5, 5.41) is 12.7. The number of benzene rings is 2. The summed E-state index contributed by atoms with van der Waals surface area (Å²) < 4.78 is 5.33. The number of carbonyl (C=O) groups is 1. The SMILES string of the molecule is Cc1cc(-c2cc(-c3ccc(C(=O)NCCN4CCOCC4)cc3)[nH]c(=O)n2)ccc1O. The molecule has 4 rings (SSSR count). The van der Waals surface area contributed by atoms with E-state index >= 15 is 0 Å². The summed E-state index contributed by atoms with van der Waals surface area (Å²) in [5.41, 5.74) is 3.42. The number of aryl methyl sites for hydroxylation is 1. The maximum absolute atomic E-state index is 12.4. The summed E-state index contributed by atoms with van der Waals surface area (Å²) in [6.45, 7) is 6.41. The summed E-state index contributed by atoms with van der Waals surface area (Å²) >= 11 is 0. The lowest BCUT2D eigenvalue weighted by atomic mass is 10.0. The fourth-order valence-corrected chi connectivity index (χ4v) is 3.63. The molecule has 0 spiro atoms. The van der Waals surface area contributed by atoms with Gasteiger partial charge in [-0.3, -0.25) is 9.69 Å². The standard InChI is InChI=1S/C24H26N4O4/c1-16-14-19(6-7-22(16)29)21-15-20(26-24(31)27-21)17-2-4-18(5-3-17)23(30)25-8-9-28-10-12-32-13-11-28/h2-7,14-15,29H,8-13H2,1H3,(H,25,30)(H,26,27,31). The largest absolute Gasteiger partial charge is 0.508 e. The molecular formula is C24H26N4O4. The van der Waals surface area contributed by atoms with Crippen LogP contribution in [0.1, 0.15) is 15.9 Å². The Morgan fingerprint density at radius 2 is 1.84 bits per heavy atom. The van der Waals surface area contributed by atoms with Crippen LogP contribution in [0.5, 0.6) is 5.75 Å². The Kier molecular flexibility index (Phi) is 6.63. The second-order valence-electron chi connectivity index (χ2n) is 7.77. The minimum absolute atomic E-state index is 0.131. The van der Waals surface area contributed by atoms with Crippen molar-refractivity contribution in [3.63, 3.8) is 0 Å². The zero-order valence-corrected chi connectivity index (χ0v) is 17.9. The van der Waals surface area contributed by atoms with Gasteiger partial charge >= 0.3 is 5.69 Å². The van der Waals surface area contributed by atoms with Crippen LogP contribution in [-0.2, 0) is 4.74 Å². The lowest BCUT2D eigenvalue weighted by molar-refractivity contribution is 0.0383. The number of phenolic OH excluding ortho intramolecular Hbond substituents is 1. The molecule has 1 amide bonds. The highest BCUT2D eigenvalue weighted by Gasteiger charge is 2.12. The second kappa shape index (κ2) is 9.76. The highest BCUT2D eigenvalue weighted by molar-refractivity contribution is 5.94. The molecule has 166 valence electrons. The number of hydrogen-bond acceptors (Lipinski definition) is 6. The number of ether oxygens (including phenoxy) is 1. The van der Waals surface area contributed by atoms with E-state index in [0.29, 0.717) is 29.1 Å². The Hall–Kier alpha value is -3.49. The van der Waals surface area contributed by atoms with Crippen LogP contribution in [-0.4, -0.2) is 65.3 Å². The third kappa shape index (κ3) is 5.22. The van der Waals surface area contributed by atoms with E-state index in [0.717, 1.165) is 44.0 Å². The number of nitrogens with one attached hydrogen (secondary N) is 2. The first-order chi connectivity index (χ1) is 15.5. The Morgan fingerprint density at radius 1 is 1.12 bits per heavy atom. The number of phenols is 1. The van der Waals surface area contributed by atoms with E-state index in [1.165, 1.54) is 0 Å². The first kappa shape index (κ1) is 21.7. The van der Waals surface area contributed by atoms with Crippen molar-refractivity contribution in [2.75, 3.05) is 39.4 Å². The van der Waals surface area contributed by atoms with E-state index in [1.807, 2.05) is 0 Å². The molecule has 0 aliphatic carbocycles. The van der Waals surface area contributed by atoms with E-state index in [9.17, 15) is 14.7 Å². The number of hydrogen-bond donors (Lipinski definition) is 3. The number of carbonyl (C=O) groups excluding carboxylic acids is 1. The Morgan fingerprint density at radius 3 is 2.56 bits per heavy atom. The van der Waals surface area contributed by atoms with E-state index in [4.69, 9.17) is 4.74 Å². The number of aromatic amines is 1. The van der Waals surface area contributed by atoms with Gasteiger partial charge in [-0.15, -0.1) is 0 Å². The molecule has 2 heterocycles. The molecule has 1 aliphatic rings. The molecule has 1 fully saturated rings. The van der Waals surface area contributed by atoms with Crippen molar-refractivity contribution in [2.45, 2.75) is 6.92 Å². The molecule has 1 saturated heterocycles. The third-order valence-corrected chi connectivity index (χ3v) is 5.51. The van der Waals surface area contributed by atoms with Crippen molar-refractivity contribution in [1.82, 2.24) is 20.2 Å². The predicted molar refractivity (Wildman–Crippen MR) is 122 cm³/mol. The van der Waals surface area contributed by atoms with Crippen molar-refractivity contribution < 1.29 is 14.6 Å². The Labute approximate surface area is 185 Å². The highest BCUT2D eigenvalue weighted by atomic mass is 16.5. The van der Waals surface area contributed by atoms with Crippen molar-refractivity contribution in [2.24, 2.45) is 0 Å². The molecule has 8 nitrogen and oxygen atoms in total. The average molecular weight is 434 g/mol. The number of aromatic hydroxyl groups is 1. The quantitative estimate of drug-likeness (QED) is 0.549. The molecule has 0 atom stereocenters. The van der Waals surface area contributed by atoms with Crippen LogP contribution in [0.2, 0.25) is 0 Å². The Balaban J connectivity index is 1.45. The van der Waals surface area contributed by atoms with Crippen LogP contribution in [0, 0.1) is 6.92 Å². The van der Waals surface area contributed by atoms with E-state index in [1.54, 1.807) is 55.5 Å². The summed E-state index contributed by atoms with van der Waals surface area (Å²) in [6.07, 6.45) is 0. The topological polar surface area (TPSA) is 108 Å². The van der Waals surface area contributed by atoms with Gasteiger partial charge in [0.1, 0.15) is 5.75 Å². The molecule has 3 aromatic rings. The van der Waals surface area contributed by atoms with Crippen molar-refractivity contribution in [3.05, 3.63) is 70.1 Å². The van der Waals surface area contributed by atoms with Crippen molar-refractivity contribution in [3.8, 4) is 28.3 Å². The molecule has 0 bridgehead atoms. The molecule has 3 N–H and O–H groups in total. The van der Waals surface area contributed by atoms with Gasteiger partial charge in [-0.2, -0.15) is 4.98 Å². The van der Waals surface area contributed by atoms with Crippen molar-refractivity contribution >= 4 is 5.91 Å². The van der Waals surface area contributed by atoms with Crippen LogP contribution in [0.15, 0.2) is 53.3 Å². The lowest BCUT2D eigenvalue weighted by Crippen LogP contribution is -2.41. The van der Waals surface area contributed by atoms with Gasteiger partial charge in [-0.05, 0) is 54.4 Å². The molecular weight excluding hydrogens is 408 g/mol. The van der Waals surface area contributed by atoms with Gasteiger partial charge in [-0.1, -0.05) is 12.1 Å². The minimum Gasteiger partial charge on any atom is -0.508 e. The summed E-state index contributed by atoms with van der Waals surface area (Å²) in [7, 11) is 0. The number of aromatic nitrogens is 2. The fraction of sp³-hybridized carbons (Fsp3) is 0.292. The molecule has 0 saturated carbocycles. The van der Waals surface area contributed by atoms with Crippen LogP contribution in [0.25, 0.3) is 22.5 Å². The molecule has 32 heavy (non-hydrogen) atoms. The van der Waals surface area contributed by atoms with E-state index in [-0.39, 0.29) is 11.7 Å². The van der Waals surface area contributed by atoms with Gasteiger partial charge in [0.05, 0.1) is 24.6 Å². The number of morpholine rings is 1. The van der Waals surface area contributed by atoms with Crippen molar-refractivity contribution in [1.29, 1.82) is 0 Å². The molecule has 0 unspecified atom stereocenters. The highest BCUT2D eigenvalue weighted by Crippen LogP contribution is 2.26. The fourth-order valence-electron chi connectivity index (χ4n) is 3.63. The van der Waals surface area contributed by atoms with E-state index < -0.39 is 5.69 Å². The molecule has 2 aromatic carbocycles. The molecule has 1 aliphatic heterocycles. The number of H-pyrrole nitrogens is 1. The maximum atomic E-state index is 12.4. The number of amides is 1. The lowest BCUT2D eigenvalue weighted by Gasteiger charge is -2.26. The van der Waals surface area contributed by atoms with E-state index in [2.05, 4.69) is 20.2 Å². The molecule has 1 aromatic heterocycles. The summed E-state index contributed by atoms with van der Waals surface area (Å²) in [4.78, 5) is 33.6.